The summed E-state index contributed by atoms with van der Waals surface area (Å²) in [6.07, 6.45) is 1.00. The van der Waals surface area contributed by atoms with Crippen LogP contribution in [0.5, 0.6) is 0 Å². The van der Waals surface area contributed by atoms with Gasteiger partial charge in [-0.05, 0) is 23.8 Å². The number of nitrogens with zero attached hydrogens (tertiary/aromatic N) is 1. The highest BCUT2D eigenvalue weighted by atomic mass is 32.2. The van der Waals surface area contributed by atoms with Crippen molar-refractivity contribution < 1.29 is 30.9 Å². The highest BCUT2D eigenvalue weighted by molar-refractivity contribution is 7.90. The van der Waals surface area contributed by atoms with Crippen LogP contribution in [0.4, 0.5) is 10.1 Å². The number of nitro groups is 1. The van der Waals surface area contributed by atoms with E-state index in [4.69, 9.17) is 0 Å². The molecule has 0 aliphatic heterocycles. The molecule has 0 heterocycles. The molecule has 0 unspecified atom stereocenters. The van der Waals surface area contributed by atoms with Gasteiger partial charge in [0.05, 0.1) is 16.7 Å². The molecule has 0 aliphatic rings. The number of hydrogen-bond donors (Lipinski definition) is 1. The lowest BCUT2D eigenvalue weighted by atomic mass is 10.1. The summed E-state index contributed by atoms with van der Waals surface area (Å²) in [6, 6.07) is 7.14. The summed E-state index contributed by atoms with van der Waals surface area (Å²) >= 11 is 0. The number of nitro benzene ring substituents is 1. The van der Waals surface area contributed by atoms with Crippen LogP contribution in [0.25, 0.3) is 0 Å². The largest absolute Gasteiger partial charge is 0.272 e. The zero-order chi connectivity index (χ0) is 20.4. The van der Waals surface area contributed by atoms with Crippen molar-refractivity contribution in [2.75, 3.05) is 6.26 Å². The van der Waals surface area contributed by atoms with Crippen molar-refractivity contribution in [2.24, 2.45) is 0 Å². The summed E-state index contributed by atoms with van der Waals surface area (Å²) in [5, 5.41) is 10.6. The third-order valence-electron chi connectivity index (χ3n) is 3.26. The molecule has 27 heavy (non-hydrogen) atoms. The number of sulfonamides is 1. The first kappa shape index (κ1) is 20.5. The monoisotopic (exact) mass is 416 g/mol. The lowest BCUT2D eigenvalue weighted by Crippen LogP contribution is -2.31. The molecule has 0 fully saturated rings. The number of rotatable bonds is 6. The van der Waals surface area contributed by atoms with Gasteiger partial charge in [-0.25, -0.2) is 25.9 Å². The summed E-state index contributed by atoms with van der Waals surface area (Å²) in [5.41, 5.74) is -0.530. The Balaban J connectivity index is 2.29. The first-order valence-electron chi connectivity index (χ1n) is 7.17. The first-order chi connectivity index (χ1) is 12.4. The molecular weight excluding hydrogens is 403 g/mol. The van der Waals surface area contributed by atoms with E-state index in [2.05, 4.69) is 0 Å². The Morgan fingerprint density at radius 3 is 2.37 bits per heavy atom. The molecule has 0 saturated heterocycles. The van der Waals surface area contributed by atoms with Crippen LogP contribution in [-0.2, 0) is 25.6 Å². The fraction of sp³-hybridized carbons (Fsp3) is 0.133. The summed E-state index contributed by atoms with van der Waals surface area (Å²) in [4.78, 5) is 20.9. The molecule has 0 aromatic heterocycles. The minimum Gasteiger partial charge on any atom is -0.268 e. The summed E-state index contributed by atoms with van der Waals surface area (Å²) < 4.78 is 62.6. The van der Waals surface area contributed by atoms with Gasteiger partial charge in [0.2, 0.25) is 0 Å². The highest BCUT2D eigenvalue weighted by Gasteiger charge is 2.24. The normalized spacial score (nSPS) is 11.8. The standard InChI is InChI=1S/C15H13FN2O7S2/c1-26(22,23)9-10-3-2-4-11(7-10)15(19)17-27(24,25)14-6-5-12(18(20)21)8-13(14)16/h2-8H,9H2,1H3,(H,17,19). The number of nitrogens with one attached hydrogen (secondary N) is 1. The van der Waals surface area contributed by atoms with E-state index in [1.165, 1.54) is 24.3 Å². The zero-order valence-corrected chi connectivity index (χ0v) is 15.4. The highest BCUT2D eigenvalue weighted by Crippen LogP contribution is 2.20. The van der Waals surface area contributed by atoms with Crippen molar-refractivity contribution in [1.29, 1.82) is 0 Å². The van der Waals surface area contributed by atoms with Gasteiger partial charge in [0.1, 0.15) is 4.90 Å². The third-order valence-corrected chi connectivity index (χ3v) is 5.48. The van der Waals surface area contributed by atoms with Gasteiger partial charge in [-0.15, -0.1) is 0 Å². The van der Waals surface area contributed by atoms with E-state index < -0.39 is 47.1 Å². The van der Waals surface area contributed by atoms with Crippen molar-refractivity contribution in [1.82, 2.24) is 4.72 Å². The molecule has 0 atom stereocenters. The number of carbonyl (C=O) groups is 1. The average molecular weight is 416 g/mol. The number of non-ortho nitro benzene ring substituents is 1. The molecule has 0 radical (unpaired) electrons. The van der Waals surface area contributed by atoms with Crippen LogP contribution in [-0.4, -0.2) is 33.9 Å². The molecule has 144 valence electrons. The molecule has 0 aliphatic carbocycles. The van der Waals surface area contributed by atoms with Crippen LogP contribution in [0.1, 0.15) is 15.9 Å². The van der Waals surface area contributed by atoms with E-state index in [1.807, 2.05) is 0 Å². The van der Waals surface area contributed by atoms with Crippen LogP contribution < -0.4 is 4.72 Å². The molecule has 2 aromatic carbocycles. The van der Waals surface area contributed by atoms with Crippen molar-refractivity contribution in [3.8, 4) is 0 Å². The predicted octanol–water partition coefficient (Wildman–Crippen LogP) is 1.40. The van der Waals surface area contributed by atoms with Crippen LogP contribution in [0, 0.1) is 15.9 Å². The van der Waals surface area contributed by atoms with Gasteiger partial charge in [-0.2, -0.15) is 0 Å². The lowest BCUT2D eigenvalue weighted by molar-refractivity contribution is -0.385. The molecule has 0 saturated carbocycles. The summed E-state index contributed by atoms with van der Waals surface area (Å²) in [6.45, 7) is 0. The molecule has 0 bridgehead atoms. The van der Waals surface area contributed by atoms with Gasteiger partial charge in [-0.3, -0.25) is 14.9 Å². The summed E-state index contributed by atoms with van der Waals surface area (Å²) in [7, 11) is -8.01. The zero-order valence-electron chi connectivity index (χ0n) is 13.7. The van der Waals surface area contributed by atoms with Crippen LogP contribution in [0.2, 0.25) is 0 Å². The van der Waals surface area contributed by atoms with Crippen molar-refractivity contribution in [3.05, 3.63) is 69.5 Å². The second-order valence-electron chi connectivity index (χ2n) is 5.58. The van der Waals surface area contributed by atoms with Gasteiger partial charge in [0, 0.05) is 17.9 Å². The number of benzene rings is 2. The van der Waals surface area contributed by atoms with Crippen molar-refractivity contribution >= 4 is 31.5 Å². The SMILES string of the molecule is CS(=O)(=O)Cc1cccc(C(=O)NS(=O)(=O)c2ccc([N+](=O)[O-])cc2F)c1. The molecule has 9 nitrogen and oxygen atoms in total. The smallest absolute Gasteiger partial charge is 0.268 e. The molecule has 2 rings (SSSR count). The maximum atomic E-state index is 13.9. The molecule has 2 aromatic rings. The van der Waals surface area contributed by atoms with Crippen molar-refractivity contribution in [2.45, 2.75) is 10.6 Å². The number of hydrogen-bond acceptors (Lipinski definition) is 7. The van der Waals surface area contributed by atoms with Crippen LogP contribution in [0.3, 0.4) is 0 Å². The Kier molecular flexibility index (Phi) is 5.61. The molecule has 1 N–H and O–H groups in total. The Morgan fingerprint density at radius 1 is 1.15 bits per heavy atom. The molecular formula is C15H13FN2O7S2. The Hall–Kier alpha value is -2.86. The molecule has 12 heteroatoms. The van der Waals surface area contributed by atoms with Crippen molar-refractivity contribution in [3.63, 3.8) is 0 Å². The maximum Gasteiger partial charge on any atom is 0.272 e. The Bertz CT molecular complexity index is 1130. The second kappa shape index (κ2) is 7.40. The van der Waals surface area contributed by atoms with E-state index in [0.29, 0.717) is 12.1 Å². The number of amides is 1. The lowest BCUT2D eigenvalue weighted by Gasteiger charge is -2.09. The van der Waals surface area contributed by atoms with E-state index in [1.54, 1.807) is 4.72 Å². The Morgan fingerprint density at radius 2 is 1.81 bits per heavy atom. The number of sulfone groups is 1. The second-order valence-corrected chi connectivity index (χ2v) is 9.37. The predicted molar refractivity (Wildman–Crippen MR) is 92.7 cm³/mol. The van der Waals surface area contributed by atoms with E-state index >= 15 is 0 Å². The number of carbonyl (C=O) groups excluding carboxylic acids is 1. The van der Waals surface area contributed by atoms with Gasteiger partial charge in [-0.1, -0.05) is 12.1 Å². The Labute approximate surface area is 153 Å². The van der Waals surface area contributed by atoms with Crippen LogP contribution >= 0.6 is 0 Å². The topological polar surface area (TPSA) is 141 Å². The molecule has 0 spiro atoms. The van der Waals surface area contributed by atoms with Gasteiger partial charge in [0.25, 0.3) is 21.6 Å². The van der Waals surface area contributed by atoms with Crippen LogP contribution in [0.15, 0.2) is 47.4 Å². The average Bonchev–Trinajstić information content (AvgIpc) is 2.52. The fourth-order valence-electron chi connectivity index (χ4n) is 2.16. The van der Waals surface area contributed by atoms with Gasteiger partial charge in [0.15, 0.2) is 15.7 Å². The van der Waals surface area contributed by atoms with Gasteiger partial charge >= 0.3 is 0 Å². The maximum absolute atomic E-state index is 13.9. The minimum atomic E-state index is -4.64. The number of halogens is 1. The third kappa shape index (κ3) is 5.31. The van der Waals surface area contributed by atoms with E-state index in [0.717, 1.165) is 12.3 Å². The van der Waals surface area contributed by atoms with Gasteiger partial charge < -0.3 is 0 Å². The quantitative estimate of drug-likeness (QED) is 0.554. The van der Waals surface area contributed by atoms with E-state index in [9.17, 15) is 36.1 Å². The first-order valence-corrected chi connectivity index (χ1v) is 10.7. The summed E-state index contributed by atoms with van der Waals surface area (Å²) in [5.74, 6) is -2.85. The minimum absolute atomic E-state index is 0.151. The molecule has 1 amide bonds. The fourth-order valence-corrected chi connectivity index (χ4v) is 3.98. The van der Waals surface area contributed by atoms with E-state index in [-0.39, 0.29) is 16.9 Å².